The summed E-state index contributed by atoms with van der Waals surface area (Å²) >= 11 is 0. The molecule has 16 atom stereocenters. The highest BCUT2D eigenvalue weighted by Crippen LogP contribution is 2.61. The van der Waals surface area contributed by atoms with Crippen LogP contribution in [0.1, 0.15) is 19.4 Å². The summed E-state index contributed by atoms with van der Waals surface area (Å²) in [7, 11) is 0. The van der Waals surface area contributed by atoms with Crippen LogP contribution in [0.15, 0.2) is 42.7 Å². The Morgan fingerprint density at radius 2 is 1.61 bits per heavy atom. The number of phenolic OH excluding ortho intramolecular Hbond substituents is 1. The highest BCUT2D eigenvalue weighted by molar-refractivity contribution is 5.87. The van der Waals surface area contributed by atoms with Gasteiger partial charge in [-0.05, 0) is 36.8 Å². The molecule has 4 fully saturated rings. The number of carbonyl (C=O) groups excluding carboxylic acids is 2. The number of ether oxygens (including phenoxy) is 8. The molecule has 1 saturated carbocycles. The van der Waals surface area contributed by atoms with Crippen molar-refractivity contribution in [1.29, 1.82) is 0 Å². The van der Waals surface area contributed by atoms with E-state index in [9.17, 15) is 45.3 Å². The third-order valence-corrected chi connectivity index (χ3v) is 9.50. The molecule has 1 aliphatic carbocycles. The van der Waals surface area contributed by atoms with E-state index in [1.54, 1.807) is 18.2 Å². The second-order valence-corrected chi connectivity index (χ2v) is 12.6. The largest absolute Gasteiger partial charge is 0.508 e. The average molecular weight is 697 g/mol. The van der Waals surface area contributed by atoms with E-state index in [0.717, 1.165) is 13.0 Å². The zero-order valence-corrected chi connectivity index (χ0v) is 26.4. The van der Waals surface area contributed by atoms with Crippen molar-refractivity contribution in [3.8, 4) is 5.75 Å². The Kier molecular flexibility index (Phi) is 10.3. The zero-order valence-electron chi connectivity index (χ0n) is 26.4. The summed E-state index contributed by atoms with van der Waals surface area (Å²) in [6.45, 7) is 1.48. The van der Waals surface area contributed by atoms with Crippen molar-refractivity contribution in [2.45, 2.75) is 99.4 Å². The van der Waals surface area contributed by atoms with E-state index in [0.29, 0.717) is 5.56 Å². The van der Waals surface area contributed by atoms with Gasteiger partial charge in [-0.2, -0.15) is 0 Å². The lowest BCUT2D eigenvalue weighted by Crippen LogP contribution is -2.61. The number of phenols is 1. The molecule has 4 aliphatic heterocycles. The maximum Gasteiger partial charge on any atom is 0.331 e. The molecule has 0 unspecified atom stereocenters. The molecular formula is C32H40O17. The topological polar surface area (TPSA) is 253 Å². The Morgan fingerprint density at radius 1 is 0.878 bits per heavy atom. The molecule has 0 radical (unpaired) electrons. The van der Waals surface area contributed by atoms with Crippen molar-refractivity contribution >= 4 is 18.0 Å². The highest BCUT2D eigenvalue weighted by Gasteiger charge is 2.77. The van der Waals surface area contributed by atoms with Crippen LogP contribution < -0.4 is 0 Å². The lowest BCUT2D eigenvalue weighted by molar-refractivity contribution is -0.347. The van der Waals surface area contributed by atoms with Crippen LogP contribution in [0.3, 0.4) is 0 Å². The van der Waals surface area contributed by atoms with Crippen LogP contribution in [0.25, 0.3) is 6.08 Å². The monoisotopic (exact) mass is 696 g/mol. The van der Waals surface area contributed by atoms with E-state index in [1.165, 1.54) is 31.4 Å². The fourth-order valence-corrected chi connectivity index (χ4v) is 6.97. The van der Waals surface area contributed by atoms with Crippen LogP contribution in [0.5, 0.6) is 5.75 Å². The van der Waals surface area contributed by atoms with Gasteiger partial charge in [-0.25, -0.2) is 4.79 Å². The average Bonchev–Trinajstić information content (AvgIpc) is 3.75. The minimum Gasteiger partial charge on any atom is -0.508 e. The Morgan fingerprint density at radius 3 is 2.29 bits per heavy atom. The van der Waals surface area contributed by atoms with Crippen LogP contribution in [0, 0.1) is 11.8 Å². The third kappa shape index (κ3) is 6.81. The molecule has 49 heavy (non-hydrogen) atoms. The van der Waals surface area contributed by atoms with Gasteiger partial charge in [0.05, 0.1) is 37.6 Å². The van der Waals surface area contributed by atoms with Crippen LogP contribution in [0.4, 0.5) is 0 Å². The van der Waals surface area contributed by atoms with Gasteiger partial charge in [-0.1, -0.05) is 12.1 Å². The summed E-state index contributed by atoms with van der Waals surface area (Å²) in [4.78, 5) is 24.8. The van der Waals surface area contributed by atoms with Gasteiger partial charge in [0.1, 0.15) is 48.0 Å². The van der Waals surface area contributed by atoms with Crippen LogP contribution >= 0.6 is 0 Å². The summed E-state index contributed by atoms with van der Waals surface area (Å²) < 4.78 is 46.3. The molecular weight excluding hydrogens is 656 g/mol. The summed E-state index contributed by atoms with van der Waals surface area (Å²) in [6, 6.07) is 6.06. The second kappa shape index (κ2) is 14.2. The molecule has 5 aliphatic rings. The Balaban J connectivity index is 1.16. The maximum atomic E-state index is 12.7. The standard InChI is InChI=1S/C32H40O17/c1-13-25(46-19(37)8-5-15-3-6-16(36)7-4-15)24(41)27(44-14(2)35)31(43-13)47-26-17-9-10-42-29(20(17)32(12-34)28(26)49-32)48-30-23(40)22(39)21(38)18(11-33)45-30/h3-10,13,17-18,20-31,33-34,36,38-41H,11-12H2,1-2H3/b8-5+/t13-,17+,18+,20+,21+,22-,23+,24+,25-,26-,27+,28-,29-,30-,31-,32+/m0/s1. The van der Waals surface area contributed by atoms with Crippen molar-refractivity contribution in [3.05, 3.63) is 48.2 Å². The number of aliphatic hydroxyl groups excluding tert-OH is 6. The molecule has 1 aromatic carbocycles. The van der Waals surface area contributed by atoms with Crippen molar-refractivity contribution < 1.29 is 83.2 Å². The zero-order chi connectivity index (χ0) is 35.2. The normalized spacial score (nSPS) is 44.1. The van der Waals surface area contributed by atoms with E-state index in [4.69, 9.17) is 37.9 Å². The van der Waals surface area contributed by atoms with Crippen molar-refractivity contribution in [1.82, 2.24) is 0 Å². The first kappa shape index (κ1) is 35.6. The molecule has 17 nitrogen and oxygen atoms in total. The number of hydrogen-bond donors (Lipinski definition) is 7. The number of hydrogen-bond acceptors (Lipinski definition) is 17. The van der Waals surface area contributed by atoms with Gasteiger partial charge in [0, 0.05) is 18.9 Å². The minimum atomic E-state index is -1.71. The smallest absolute Gasteiger partial charge is 0.331 e. The lowest BCUT2D eigenvalue weighted by atomic mass is 9.85. The third-order valence-electron chi connectivity index (χ3n) is 9.50. The molecule has 3 saturated heterocycles. The first-order chi connectivity index (χ1) is 23.4. The molecule has 0 amide bonds. The fourth-order valence-electron chi connectivity index (χ4n) is 6.97. The molecule has 270 valence electrons. The highest BCUT2D eigenvalue weighted by atomic mass is 16.8. The van der Waals surface area contributed by atoms with Crippen molar-refractivity contribution in [2.75, 3.05) is 13.2 Å². The molecule has 4 heterocycles. The van der Waals surface area contributed by atoms with E-state index in [-0.39, 0.29) is 5.75 Å². The Labute approximate surface area is 279 Å². The van der Waals surface area contributed by atoms with Crippen molar-refractivity contribution in [3.63, 3.8) is 0 Å². The van der Waals surface area contributed by atoms with Crippen LogP contribution in [-0.4, -0.2) is 146 Å². The lowest BCUT2D eigenvalue weighted by Gasteiger charge is -2.44. The summed E-state index contributed by atoms with van der Waals surface area (Å²) in [5.74, 6) is -2.91. The van der Waals surface area contributed by atoms with Gasteiger partial charge in [0.2, 0.25) is 6.29 Å². The summed E-state index contributed by atoms with van der Waals surface area (Å²) in [5, 5.41) is 71.7. The molecule has 0 bridgehead atoms. The van der Waals surface area contributed by atoms with Gasteiger partial charge >= 0.3 is 11.9 Å². The number of aliphatic hydroxyl groups is 6. The first-order valence-corrected chi connectivity index (χ1v) is 15.8. The molecule has 17 heteroatoms. The Bertz CT molecular complexity index is 1400. The second-order valence-electron chi connectivity index (χ2n) is 12.6. The maximum absolute atomic E-state index is 12.7. The van der Waals surface area contributed by atoms with Gasteiger partial charge < -0.3 is 73.6 Å². The SMILES string of the molecule is CC(=O)O[C@H]1[C@H](O[C@H]2[C@@H]3C=CO[C@@H](O[C@@H]4O[C@H](CO)[C@@H](O)[C@H](O)[C@H]4O)[C@@H]3[C@@]3(CO)O[C@@H]23)O[C@@H](C)[C@H](OC(=O)/C=C/c2ccc(O)cc2)[C@H]1O. The number of carbonyl (C=O) groups is 2. The van der Waals surface area contributed by atoms with E-state index >= 15 is 0 Å². The van der Waals surface area contributed by atoms with E-state index in [2.05, 4.69) is 0 Å². The van der Waals surface area contributed by atoms with Crippen LogP contribution in [0.2, 0.25) is 0 Å². The minimum absolute atomic E-state index is 0.0572. The summed E-state index contributed by atoms with van der Waals surface area (Å²) in [6.07, 6.45) is -11.8. The fraction of sp³-hybridized carbons (Fsp3) is 0.625. The number of fused-ring (bicyclic) bond motifs is 3. The molecule has 0 aromatic heterocycles. The Hall–Kier alpha value is -3.20. The van der Waals surface area contributed by atoms with Gasteiger partial charge in [-0.3, -0.25) is 4.79 Å². The predicted octanol–water partition coefficient (Wildman–Crippen LogP) is -2.20. The van der Waals surface area contributed by atoms with Gasteiger partial charge in [-0.15, -0.1) is 0 Å². The number of rotatable bonds is 10. The summed E-state index contributed by atoms with van der Waals surface area (Å²) in [5.41, 5.74) is -0.648. The number of epoxide rings is 1. The van der Waals surface area contributed by atoms with Gasteiger partial charge in [0.25, 0.3) is 0 Å². The molecule has 7 N–H and O–H groups in total. The van der Waals surface area contributed by atoms with Crippen molar-refractivity contribution in [2.24, 2.45) is 11.8 Å². The molecule has 1 aromatic rings. The van der Waals surface area contributed by atoms with Gasteiger partial charge in [0.15, 0.2) is 24.8 Å². The molecule has 0 spiro atoms. The number of benzene rings is 1. The number of esters is 2. The quantitative estimate of drug-likeness (QED) is 0.0779. The predicted molar refractivity (Wildman–Crippen MR) is 158 cm³/mol. The van der Waals surface area contributed by atoms with E-state index < -0.39 is 122 Å². The molecule has 6 rings (SSSR count). The first-order valence-electron chi connectivity index (χ1n) is 15.8. The van der Waals surface area contributed by atoms with Crippen LogP contribution in [-0.2, 0) is 47.5 Å². The number of aromatic hydroxyl groups is 1. The van der Waals surface area contributed by atoms with E-state index in [1.807, 2.05) is 0 Å².